The van der Waals surface area contributed by atoms with Crippen molar-refractivity contribution in [1.29, 1.82) is 0 Å². The van der Waals surface area contributed by atoms with Crippen LogP contribution in [0.2, 0.25) is 0 Å². The first-order valence-corrected chi connectivity index (χ1v) is 6.76. The van der Waals surface area contributed by atoms with Crippen LogP contribution in [0.15, 0.2) is 28.7 Å². The van der Waals surface area contributed by atoms with E-state index in [1.807, 2.05) is 24.3 Å². The number of carbonyl (C=O) groups is 1. The predicted molar refractivity (Wildman–Crippen MR) is 72.1 cm³/mol. The number of hydrogen-bond acceptors (Lipinski definition) is 2. The van der Waals surface area contributed by atoms with E-state index in [0.717, 1.165) is 23.9 Å². The molecular weight excluding hydrogens is 280 g/mol. The molecule has 1 aliphatic heterocycles. The molecule has 1 aromatic carbocycles. The molecule has 1 aromatic rings. The van der Waals surface area contributed by atoms with Gasteiger partial charge in [-0.2, -0.15) is 0 Å². The monoisotopic (exact) mass is 296 g/mol. The van der Waals surface area contributed by atoms with Gasteiger partial charge in [0.15, 0.2) is 0 Å². The maximum atomic E-state index is 12.0. The fourth-order valence-electron chi connectivity index (χ4n) is 2.09. The maximum absolute atomic E-state index is 12.0. The van der Waals surface area contributed by atoms with Crippen LogP contribution >= 0.6 is 15.9 Å². The Bertz CT molecular complexity index is 391. The third-order valence-corrected chi connectivity index (χ3v) is 3.71. The predicted octanol–water partition coefficient (Wildman–Crippen LogP) is 2.32. The number of hydrogen-bond donors (Lipinski definition) is 2. The lowest BCUT2D eigenvalue weighted by Gasteiger charge is -2.30. The highest BCUT2D eigenvalue weighted by Crippen LogP contribution is 2.12. The summed E-state index contributed by atoms with van der Waals surface area (Å²) >= 11 is 3.36. The lowest BCUT2D eigenvalue weighted by atomic mass is 9.99. The van der Waals surface area contributed by atoms with Gasteiger partial charge >= 0.3 is 0 Å². The van der Waals surface area contributed by atoms with Crippen LogP contribution in [-0.2, 0) is 0 Å². The Kier molecular flexibility index (Phi) is 4.18. The zero-order valence-corrected chi connectivity index (χ0v) is 11.5. The third-order valence-electron chi connectivity index (χ3n) is 3.18. The topological polar surface area (TPSA) is 41.1 Å². The van der Waals surface area contributed by atoms with Gasteiger partial charge in [0.2, 0.25) is 0 Å². The first-order chi connectivity index (χ1) is 8.16. The molecule has 0 saturated carbocycles. The largest absolute Gasteiger partial charge is 0.348 e. The summed E-state index contributed by atoms with van der Waals surface area (Å²) in [6.45, 7) is 3.16. The van der Waals surface area contributed by atoms with E-state index in [4.69, 9.17) is 0 Å². The van der Waals surface area contributed by atoms with Crippen molar-refractivity contribution in [3.8, 4) is 0 Å². The number of amides is 1. The first kappa shape index (κ1) is 12.6. The third kappa shape index (κ3) is 3.30. The van der Waals surface area contributed by atoms with Gasteiger partial charge in [0.25, 0.3) is 5.91 Å². The maximum Gasteiger partial charge on any atom is 0.251 e. The van der Waals surface area contributed by atoms with E-state index < -0.39 is 0 Å². The molecule has 0 radical (unpaired) electrons. The van der Waals surface area contributed by atoms with Crippen molar-refractivity contribution in [3.05, 3.63) is 34.3 Å². The quantitative estimate of drug-likeness (QED) is 0.879. The number of halogens is 1. The Hall–Kier alpha value is -0.870. The number of rotatable bonds is 2. The highest BCUT2D eigenvalue weighted by molar-refractivity contribution is 9.10. The van der Waals surface area contributed by atoms with Gasteiger partial charge in [0, 0.05) is 22.1 Å². The zero-order chi connectivity index (χ0) is 12.3. The molecule has 2 unspecified atom stereocenters. The Morgan fingerprint density at radius 2 is 2.12 bits per heavy atom. The Morgan fingerprint density at radius 1 is 1.41 bits per heavy atom. The molecule has 1 fully saturated rings. The Labute approximate surface area is 110 Å². The molecule has 1 amide bonds. The second-order valence-corrected chi connectivity index (χ2v) is 5.39. The first-order valence-electron chi connectivity index (χ1n) is 5.96. The molecule has 92 valence electrons. The highest BCUT2D eigenvalue weighted by Gasteiger charge is 2.22. The highest BCUT2D eigenvalue weighted by atomic mass is 79.9. The molecule has 17 heavy (non-hydrogen) atoms. The molecule has 2 atom stereocenters. The molecule has 2 N–H and O–H groups in total. The molecule has 2 rings (SSSR count). The average Bonchev–Trinajstić information content (AvgIpc) is 2.33. The van der Waals surface area contributed by atoms with Crippen LogP contribution in [0.4, 0.5) is 0 Å². The molecule has 0 aromatic heterocycles. The molecule has 0 bridgehead atoms. The van der Waals surface area contributed by atoms with Crippen molar-refractivity contribution in [2.24, 2.45) is 0 Å². The summed E-state index contributed by atoms with van der Waals surface area (Å²) < 4.78 is 0.988. The molecular formula is C13H17BrN2O. The minimum atomic E-state index is 0.0121. The number of carbonyl (C=O) groups excluding carboxylic acids is 1. The summed E-state index contributed by atoms with van der Waals surface area (Å²) in [7, 11) is 0. The van der Waals surface area contributed by atoms with Gasteiger partial charge in [0.05, 0.1) is 0 Å². The van der Waals surface area contributed by atoms with Crippen LogP contribution in [0.25, 0.3) is 0 Å². The van der Waals surface area contributed by atoms with Gasteiger partial charge in [-0.15, -0.1) is 0 Å². The summed E-state index contributed by atoms with van der Waals surface area (Å²) in [6.07, 6.45) is 2.17. The van der Waals surface area contributed by atoms with Crippen molar-refractivity contribution in [1.82, 2.24) is 10.6 Å². The normalized spacial score (nSPS) is 24.4. The smallest absolute Gasteiger partial charge is 0.251 e. The average molecular weight is 297 g/mol. The summed E-state index contributed by atoms with van der Waals surface area (Å²) in [5, 5.41) is 6.46. The van der Waals surface area contributed by atoms with Gasteiger partial charge in [0.1, 0.15) is 0 Å². The minimum absolute atomic E-state index is 0.0121. The zero-order valence-electron chi connectivity index (χ0n) is 9.87. The van der Waals surface area contributed by atoms with Crippen LogP contribution in [0.1, 0.15) is 30.1 Å². The van der Waals surface area contributed by atoms with Crippen molar-refractivity contribution >= 4 is 21.8 Å². The fourth-order valence-corrected chi connectivity index (χ4v) is 2.36. The second-order valence-electron chi connectivity index (χ2n) is 4.47. The van der Waals surface area contributed by atoms with Gasteiger partial charge in [-0.05, 0) is 50.6 Å². The SMILES string of the molecule is CC1NCCCC1NC(=O)c1ccc(Br)cc1. The van der Waals surface area contributed by atoms with E-state index in [2.05, 4.69) is 33.5 Å². The molecule has 1 aliphatic rings. The Balaban J connectivity index is 1.98. The van der Waals surface area contributed by atoms with Crippen molar-refractivity contribution in [2.45, 2.75) is 31.8 Å². The van der Waals surface area contributed by atoms with E-state index in [1.165, 1.54) is 0 Å². The lowest BCUT2D eigenvalue weighted by Crippen LogP contribution is -2.51. The van der Waals surface area contributed by atoms with Crippen LogP contribution in [0, 0.1) is 0 Å². The minimum Gasteiger partial charge on any atom is -0.348 e. The molecule has 1 saturated heterocycles. The van der Waals surface area contributed by atoms with Crippen molar-refractivity contribution in [3.63, 3.8) is 0 Å². The number of nitrogens with one attached hydrogen (secondary N) is 2. The summed E-state index contributed by atoms with van der Waals surface area (Å²) in [6, 6.07) is 8.03. The molecule has 4 heteroatoms. The summed E-state index contributed by atoms with van der Waals surface area (Å²) in [5.41, 5.74) is 0.714. The van der Waals surface area contributed by atoms with Gasteiger partial charge < -0.3 is 10.6 Å². The number of piperidine rings is 1. The second kappa shape index (κ2) is 5.65. The van der Waals surface area contributed by atoms with Gasteiger partial charge in [-0.3, -0.25) is 4.79 Å². The Morgan fingerprint density at radius 3 is 2.76 bits per heavy atom. The van der Waals surface area contributed by atoms with Gasteiger partial charge in [-0.25, -0.2) is 0 Å². The summed E-state index contributed by atoms with van der Waals surface area (Å²) in [5.74, 6) is 0.0121. The van der Waals surface area contributed by atoms with Crippen molar-refractivity contribution < 1.29 is 4.79 Å². The van der Waals surface area contributed by atoms with E-state index in [1.54, 1.807) is 0 Å². The molecule has 1 heterocycles. The van der Waals surface area contributed by atoms with Crippen LogP contribution in [0.3, 0.4) is 0 Å². The summed E-state index contributed by atoms with van der Waals surface area (Å²) in [4.78, 5) is 12.0. The molecule has 3 nitrogen and oxygen atoms in total. The van der Waals surface area contributed by atoms with E-state index in [9.17, 15) is 4.79 Å². The van der Waals surface area contributed by atoms with Crippen LogP contribution < -0.4 is 10.6 Å². The van der Waals surface area contributed by atoms with E-state index in [-0.39, 0.29) is 11.9 Å². The fraction of sp³-hybridized carbons (Fsp3) is 0.462. The van der Waals surface area contributed by atoms with Crippen LogP contribution in [0.5, 0.6) is 0 Å². The van der Waals surface area contributed by atoms with E-state index >= 15 is 0 Å². The number of benzene rings is 1. The molecule has 0 aliphatic carbocycles. The standard InChI is InChI=1S/C13H17BrN2O/c1-9-12(3-2-8-15-9)16-13(17)10-4-6-11(14)7-5-10/h4-7,9,12,15H,2-3,8H2,1H3,(H,16,17). The molecule has 0 spiro atoms. The van der Waals surface area contributed by atoms with E-state index in [0.29, 0.717) is 11.6 Å². The van der Waals surface area contributed by atoms with Crippen LogP contribution in [-0.4, -0.2) is 24.5 Å². The van der Waals surface area contributed by atoms with Crippen molar-refractivity contribution in [2.75, 3.05) is 6.54 Å². The van der Waals surface area contributed by atoms with Gasteiger partial charge in [-0.1, -0.05) is 15.9 Å². The lowest BCUT2D eigenvalue weighted by molar-refractivity contribution is 0.0920.